The zero-order valence-electron chi connectivity index (χ0n) is 30.2. The number of fused-ring (bicyclic) bond motifs is 4. The van der Waals surface area contributed by atoms with E-state index in [1.807, 2.05) is 25.1 Å². The number of aromatic amines is 1. The lowest BCUT2D eigenvalue weighted by atomic mass is 9.70. The smallest absolute Gasteiger partial charge is 0.348 e. The minimum absolute atomic E-state index is 0.0229. The maximum absolute atomic E-state index is 14.8. The summed E-state index contributed by atoms with van der Waals surface area (Å²) in [5, 5.41) is 5.46. The van der Waals surface area contributed by atoms with E-state index in [1.54, 1.807) is 26.4 Å². The Balaban J connectivity index is 1.34. The molecule has 52 heavy (non-hydrogen) atoms. The molecule has 2 bridgehead atoms. The number of hydrogen-bond acceptors (Lipinski definition) is 8. The standard InChI is InChI=1S/C38H46ClN7O5S/c1-23-8-6-10-32(50-5)25(3)24(2)18-46-21-38(15-7-9-26-16-28(39)12-13-30(26)38)22-51-33-14-11-27(17-31(33)46)36(47)44-52(49,20-23)43-35-29-19-45(4)42-34(29)40-37(48)41-35/h6,10-14,16-17,19,23-25,32H,7-9,15,18,20-22H2,1-5H3,(H2,40,41,42,43,44,47,48,49)/b10-6+/t23-,24-,25+,32-,38-,52?/m0/s1. The molecule has 0 saturated heterocycles. The van der Waals surface area contributed by atoms with Crippen LogP contribution in [0.2, 0.25) is 5.02 Å². The molecule has 1 spiro atoms. The second-order valence-corrected chi connectivity index (χ2v) is 17.3. The zero-order valence-corrected chi connectivity index (χ0v) is 31.8. The number of nitrogens with zero attached hydrogens (tertiary/aromatic N) is 5. The van der Waals surface area contributed by atoms with Gasteiger partial charge in [-0.2, -0.15) is 10.1 Å². The predicted molar refractivity (Wildman–Crippen MR) is 205 cm³/mol. The van der Waals surface area contributed by atoms with E-state index in [0.717, 1.165) is 30.0 Å². The monoisotopic (exact) mass is 747 g/mol. The summed E-state index contributed by atoms with van der Waals surface area (Å²) in [5.74, 6) is 0.313. The average Bonchev–Trinajstić information content (AvgIpc) is 3.40. The lowest BCUT2D eigenvalue weighted by Gasteiger charge is -2.42. The minimum atomic E-state index is -3.50. The Bertz CT molecular complexity index is 2230. The van der Waals surface area contributed by atoms with E-state index in [-0.39, 0.29) is 52.1 Å². The molecule has 1 unspecified atom stereocenters. The fourth-order valence-corrected chi connectivity index (χ4v) is 10.2. The summed E-state index contributed by atoms with van der Waals surface area (Å²) in [7, 11) is -0.0628. The number of anilines is 2. The highest BCUT2D eigenvalue weighted by atomic mass is 35.5. The van der Waals surface area contributed by atoms with Crippen LogP contribution in [0.5, 0.6) is 5.75 Å². The van der Waals surface area contributed by atoms with Gasteiger partial charge in [0.2, 0.25) is 0 Å². The molecule has 6 atom stereocenters. The summed E-state index contributed by atoms with van der Waals surface area (Å²) < 4.78 is 36.3. The van der Waals surface area contributed by atoms with Crippen molar-refractivity contribution in [1.82, 2.24) is 19.7 Å². The van der Waals surface area contributed by atoms with Gasteiger partial charge in [-0.1, -0.05) is 50.6 Å². The SMILES string of the molecule is CO[C@H]1/C=C/C[C@H](C)CS(=O)(Nc2nc(=O)[nH]c3nn(C)cc23)=NC(=O)c2ccc3c(c2)N(C[C@H](C)[C@H]1C)C[C@@]1(CCCc2cc(Cl)ccc21)CO3. The van der Waals surface area contributed by atoms with Gasteiger partial charge in [0.25, 0.3) is 5.91 Å². The van der Waals surface area contributed by atoms with E-state index in [4.69, 9.17) is 21.1 Å². The molecule has 2 aromatic carbocycles. The largest absolute Gasteiger partial charge is 0.490 e. The summed E-state index contributed by atoms with van der Waals surface area (Å²) in [6.45, 7) is 8.27. The first-order chi connectivity index (χ1) is 24.8. The Morgan fingerprint density at radius 3 is 2.79 bits per heavy atom. The predicted octanol–water partition coefficient (Wildman–Crippen LogP) is 6.30. The molecule has 276 valence electrons. The number of hydrogen-bond donors (Lipinski definition) is 2. The molecule has 3 aliphatic rings. The van der Waals surface area contributed by atoms with Crippen LogP contribution in [-0.4, -0.2) is 68.5 Å². The molecular formula is C38H46ClN7O5S. The molecule has 0 saturated carbocycles. The third-order valence-electron chi connectivity index (χ3n) is 10.9. The summed E-state index contributed by atoms with van der Waals surface area (Å²) in [6.07, 6.45) is 9.15. The zero-order chi connectivity index (χ0) is 36.8. The van der Waals surface area contributed by atoms with Gasteiger partial charge in [0.15, 0.2) is 11.5 Å². The Kier molecular flexibility index (Phi) is 9.96. The van der Waals surface area contributed by atoms with Crippen molar-refractivity contribution >= 4 is 50.0 Å². The number of rotatable bonds is 3. The lowest BCUT2D eigenvalue weighted by Crippen LogP contribution is -2.47. The van der Waals surface area contributed by atoms with Crippen molar-refractivity contribution in [2.75, 3.05) is 42.2 Å². The highest BCUT2D eigenvalue weighted by Crippen LogP contribution is 2.45. The van der Waals surface area contributed by atoms with Crippen molar-refractivity contribution in [3.63, 3.8) is 0 Å². The van der Waals surface area contributed by atoms with Crippen molar-refractivity contribution in [3.05, 3.63) is 86.9 Å². The third kappa shape index (κ3) is 7.22. The van der Waals surface area contributed by atoms with Crippen molar-refractivity contribution in [2.45, 2.75) is 58.0 Å². The number of aromatic nitrogens is 4. The number of carbonyl (C=O) groups excluding carboxylic acids is 1. The number of aryl methyl sites for hydroxylation is 2. The number of benzene rings is 2. The number of H-pyrrole nitrogens is 1. The second-order valence-electron chi connectivity index (χ2n) is 14.9. The van der Waals surface area contributed by atoms with Gasteiger partial charge in [0.1, 0.15) is 15.7 Å². The number of ether oxygens (including phenoxy) is 2. The first kappa shape index (κ1) is 36.2. The Morgan fingerprint density at radius 2 is 1.98 bits per heavy atom. The van der Waals surface area contributed by atoms with Crippen LogP contribution in [-0.2, 0) is 33.5 Å². The van der Waals surface area contributed by atoms with Gasteiger partial charge >= 0.3 is 5.69 Å². The van der Waals surface area contributed by atoms with E-state index < -0.39 is 21.5 Å². The fourth-order valence-electron chi connectivity index (χ4n) is 8.01. The van der Waals surface area contributed by atoms with E-state index in [0.29, 0.717) is 37.3 Å². The molecule has 7 rings (SSSR count). The number of methoxy groups -OCH3 is 1. The molecule has 12 nitrogen and oxygen atoms in total. The van der Waals surface area contributed by atoms with Crippen LogP contribution in [0.3, 0.4) is 0 Å². The Labute approximate surface area is 309 Å². The average molecular weight is 748 g/mol. The molecule has 0 radical (unpaired) electrons. The van der Waals surface area contributed by atoms with Gasteiger partial charge in [-0.25, -0.2) is 9.00 Å². The van der Waals surface area contributed by atoms with Gasteiger partial charge in [-0.3, -0.25) is 19.2 Å². The van der Waals surface area contributed by atoms with Crippen LogP contribution in [0.25, 0.3) is 11.0 Å². The van der Waals surface area contributed by atoms with Gasteiger partial charge in [0, 0.05) is 49.4 Å². The number of amides is 1. The highest BCUT2D eigenvalue weighted by molar-refractivity contribution is 7.95. The maximum Gasteiger partial charge on any atom is 0.348 e. The van der Waals surface area contributed by atoms with E-state index in [2.05, 4.69) is 67.2 Å². The molecule has 2 N–H and O–H groups in total. The van der Waals surface area contributed by atoms with Gasteiger partial charge < -0.3 is 14.4 Å². The molecule has 2 aromatic heterocycles. The van der Waals surface area contributed by atoms with E-state index >= 15 is 0 Å². The summed E-state index contributed by atoms with van der Waals surface area (Å²) in [6, 6.07) is 11.5. The first-order valence-electron chi connectivity index (χ1n) is 17.9. The topological polar surface area (TPSA) is 144 Å². The van der Waals surface area contributed by atoms with E-state index in [1.165, 1.54) is 15.8 Å². The van der Waals surface area contributed by atoms with Crippen LogP contribution in [0.1, 0.15) is 61.5 Å². The lowest BCUT2D eigenvalue weighted by molar-refractivity contribution is 0.0743. The number of nitrogens with one attached hydrogen (secondary N) is 2. The van der Waals surface area contributed by atoms with Crippen molar-refractivity contribution in [3.8, 4) is 5.75 Å². The third-order valence-corrected chi connectivity index (χ3v) is 13.1. The second kappa shape index (κ2) is 14.3. The maximum atomic E-state index is 14.8. The van der Waals surface area contributed by atoms with Crippen molar-refractivity contribution < 1.29 is 18.5 Å². The molecule has 1 amide bonds. The normalized spacial score (nSPS) is 28.8. The van der Waals surface area contributed by atoms with Crippen LogP contribution in [0.15, 0.2) is 63.9 Å². The molecule has 4 aromatic rings. The quantitative estimate of drug-likeness (QED) is 0.233. The Morgan fingerprint density at radius 1 is 1.15 bits per heavy atom. The number of carbonyl (C=O) groups is 1. The van der Waals surface area contributed by atoms with Gasteiger partial charge in [-0.05, 0) is 84.9 Å². The van der Waals surface area contributed by atoms with Gasteiger partial charge in [-0.15, -0.1) is 4.36 Å². The summed E-state index contributed by atoms with van der Waals surface area (Å²) >= 11 is 6.46. The first-order valence-corrected chi connectivity index (χ1v) is 19.9. The van der Waals surface area contributed by atoms with Crippen LogP contribution >= 0.6 is 11.6 Å². The van der Waals surface area contributed by atoms with Gasteiger partial charge in [0.05, 0.1) is 29.5 Å². The Hall–Kier alpha value is -4.20. The fraction of sp³-hybridized carbons (Fsp3) is 0.474. The van der Waals surface area contributed by atoms with Crippen molar-refractivity contribution in [1.29, 1.82) is 0 Å². The highest BCUT2D eigenvalue weighted by Gasteiger charge is 2.42. The molecule has 1 aliphatic carbocycles. The van der Waals surface area contributed by atoms with Crippen LogP contribution in [0.4, 0.5) is 11.5 Å². The molecule has 0 fully saturated rings. The van der Waals surface area contributed by atoms with Crippen LogP contribution in [0, 0.1) is 17.8 Å². The van der Waals surface area contributed by atoms with E-state index in [9.17, 15) is 13.8 Å². The summed E-state index contributed by atoms with van der Waals surface area (Å²) in [4.78, 5) is 35.6. The number of halogens is 1. The molecular weight excluding hydrogens is 702 g/mol. The molecule has 14 heteroatoms. The minimum Gasteiger partial charge on any atom is -0.490 e. The molecule has 2 aliphatic heterocycles. The summed E-state index contributed by atoms with van der Waals surface area (Å²) in [5.41, 5.74) is 2.91. The molecule has 4 heterocycles. The van der Waals surface area contributed by atoms with Crippen molar-refractivity contribution in [2.24, 2.45) is 29.2 Å². The number of allylic oxidation sites excluding steroid dienone is 1. The van der Waals surface area contributed by atoms with Crippen LogP contribution < -0.4 is 20.0 Å².